The molecule has 0 bridgehead atoms. The van der Waals surface area contributed by atoms with Crippen molar-refractivity contribution in [3.63, 3.8) is 0 Å². The largest absolute Gasteiger partial charge is 0.399 e. The SMILES string of the molecule is CC[C@@H](C)C(=O)Nc1cccc(N)c1. The molecule has 1 aromatic rings. The first-order chi connectivity index (χ1) is 6.63. The maximum absolute atomic E-state index is 11.5. The average molecular weight is 192 g/mol. The van der Waals surface area contributed by atoms with Crippen molar-refractivity contribution in [2.24, 2.45) is 5.92 Å². The fraction of sp³-hybridized carbons (Fsp3) is 0.364. The minimum Gasteiger partial charge on any atom is -0.399 e. The van der Waals surface area contributed by atoms with Crippen molar-refractivity contribution in [3.8, 4) is 0 Å². The summed E-state index contributed by atoms with van der Waals surface area (Å²) in [4.78, 5) is 11.5. The summed E-state index contributed by atoms with van der Waals surface area (Å²) in [5.74, 6) is 0.0783. The van der Waals surface area contributed by atoms with Gasteiger partial charge < -0.3 is 11.1 Å². The molecule has 1 atom stereocenters. The highest BCUT2D eigenvalue weighted by Crippen LogP contribution is 2.13. The van der Waals surface area contributed by atoms with Crippen LogP contribution in [-0.2, 0) is 4.79 Å². The van der Waals surface area contributed by atoms with Crippen molar-refractivity contribution in [1.29, 1.82) is 0 Å². The van der Waals surface area contributed by atoms with Crippen LogP contribution in [0.5, 0.6) is 0 Å². The van der Waals surface area contributed by atoms with Crippen LogP contribution in [0.4, 0.5) is 11.4 Å². The van der Waals surface area contributed by atoms with Crippen molar-refractivity contribution >= 4 is 17.3 Å². The fourth-order valence-electron chi connectivity index (χ4n) is 1.07. The van der Waals surface area contributed by atoms with Crippen LogP contribution in [0.3, 0.4) is 0 Å². The van der Waals surface area contributed by atoms with Crippen LogP contribution in [0.2, 0.25) is 0 Å². The monoisotopic (exact) mass is 192 g/mol. The van der Waals surface area contributed by atoms with Gasteiger partial charge in [-0.2, -0.15) is 0 Å². The molecule has 0 fully saturated rings. The standard InChI is InChI=1S/C11H16N2O/c1-3-8(2)11(14)13-10-6-4-5-9(12)7-10/h4-8H,3,12H2,1-2H3,(H,13,14)/t8-/m1/s1. The summed E-state index contributed by atoms with van der Waals surface area (Å²) in [7, 11) is 0. The van der Waals surface area contributed by atoms with E-state index in [4.69, 9.17) is 5.73 Å². The fourth-order valence-corrected chi connectivity index (χ4v) is 1.07. The Hall–Kier alpha value is -1.51. The summed E-state index contributed by atoms with van der Waals surface area (Å²) in [6.07, 6.45) is 0.841. The number of nitrogens with one attached hydrogen (secondary N) is 1. The molecule has 1 amide bonds. The first-order valence-corrected chi connectivity index (χ1v) is 4.80. The highest BCUT2D eigenvalue weighted by Gasteiger charge is 2.09. The number of anilines is 2. The second kappa shape index (κ2) is 4.65. The minimum atomic E-state index is 0.0384. The third-order valence-electron chi connectivity index (χ3n) is 2.21. The van der Waals surface area contributed by atoms with Gasteiger partial charge in [0.15, 0.2) is 0 Å². The van der Waals surface area contributed by atoms with E-state index < -0.39 is 0 Å². The molecule has 3 N–H and O–H groups in total. The molecule has 0 aliphatic heterocycles. The van der Waals surface area contributed by atoms with E-state index in [0.717, 1.165) is 12.1 Å². The molecule has 0 radical (unpaired) electrons. The Morgan fingerprint density at radius 2 is 2.29 bits per heavy atom. The number of nitrogen functional groups attached to an aromatic ring is 1. The topological polar surface area (TPSA) is 55.1 Å². The molecule has 1 rings (SSSR count). The Labute approximate surface area is 84.3 Å². The first-order valence-electron chi connectivity index (χ1n) is 4.80. The predicted octanol–water partition coefficient (Wildman–Crippen LogP) is 2.25. The second-order valence-electron chi connectivity index (χ2n) is 3.42. The molecule has 0 aliphatic carbocycles. The molecule has 0 aliphatic rings. The van der Waals surface area contributed by atoms with E-state index in [9.17, 15) is 4.79 Å². The number of carbonyl (C=O) groups excluding carboxylic acids is 1. The van der Waals surface area contributed by atoms with Crippen molar-refractivity contribution in [3.05, 3.63) is 24.3 Å². The lowest BCUT2D eigenvalue weighted by Crippen LogP contribution is -2.19. The molecule has 0 heterocycles. The maximum Gasteiger partial charge on any atom is 0.227 e. The van der Waals surface area contributed by atoms with E-state index in [1.165, 1.54) is 0 Å². The zero-order chi connectivity index (χ0) is 10.6. The number of rotatable bonds is 3. The number of benzene rings is 1. The molecule has 0 saturated carbocycles. The van der Waals surface area contributed by atoms with Gasteiger partial charge >= 0.3 is 0 Å². The molecule has 0 spiro atoms. The third kappa shape index (κ3) is 2.76. The molecule has 1 aromatic carbocycles. The van der Waals surface area contributed by atoms with Gasteiger partial charge in [0.2, 0.25) is 5.91 Å². The Balaban J connectivity index is 2.65. The van der Waals surface area contributed by atoms with E-state index in [0.29, 0.717) is 5.69 Å². The highest BCUT2D eigenvalue weighted by molar-refractivity contribution is 5.92. The van der Waals surface area contributed by atoms with E-state index in [2.05, 4.69) is 5.32 Å². The predicted molar refractivity (Wildman–Crippen MR) is 58.9 cm³/mol. The highest BCUT2D eigenvalue weighted by atomic mass is 16.1. The first kappa shape index (κ1) is 10.6. The van der Waals surface area contributed by atoms with E-state index >= 15 is 0 Å². The summed E-state index contributed by atoms with van der Waals surface area (Å²) >= 11 is 0. The number of nitrogens with two attached hydrogens (primary N) is 1. The van der Waals surface area contributed by atoms with Gasteiger partial charge in [0, 0.05) is 17.3 Å². The Morgan fingerprint density at radius 1 is 1.57 bits per heavy atom. The normalized spacial score (nSPS) is 12.1. The number of amides is 1. The molecule has 76 valence electrons. The quantitative estimate of drug-likeness (QED) is 0.722. The van der Waals surface area contributed by atoms with Gasteiger partial charge in [0.1, 0.15) is 0 Å². The molecular weight excluding hydrogens is 176 g/mol. The Kier molecular flexibility index (Phi) is 3.51. The number of carbonyl (C=O) groups is 1. The van der Waals surface area contributed by atoms with Crippen LogP contribution < -0.4 is 11.1 Å². The molecule has 3 nitrogen and oxygen atoms in total. The summed E-state index contributed by atoms with van der Waals surface area (Å²) in [5, 5.41) is 2.81. The van der Waals surface area contributed by atoms with Crippen LogP contribution in [0.25, 0.3) is 0 Å². The van der Waals surface area contributed by atoms with Crippen molar-refractivity contribution < 1.29 is 4.79 Å². The van der Waals surface area contributed by atoms with Crippen LogP contribution >= 0.6 is 0 Å². The number of hydrogen-bond acceptors (Lipinski definition) is 2. The van der Waals surface area contributed by atoms with Crippen LogP contribution in [0.15, 0.2) is 24.3 Å². The van der Waals surface area contributed by atoms with Crippen molar-refractivity contribution in [1.82, 2.24) is 0 Å². The van der Waals surface area contributed by atoms with Gasteiger partial charge in [-0.3, -0.25) is 4.79 Å². The average Bonchev–Trinajstić information content (AvgIpc) is 2.16. The van der Waals surface area contributed by atoms with Gasteiger partial charge in [-0.05, 0) is 24.6 Å². The van der Waals surface area contributed by atoms with Gasteiger partial charge in [-0.15, -0.1) is 0 Å². The Bertz CT molecular complexity index is 323. The van der Waals surface area contributed by atoms with Crippen LogP contribution in [0.1, 0.15) is 20.3 Å². The Morgan fingerprint density at radius 3 is 2.86 bits per heavy atom. The van der Waals surface area contributed by atoms with Crippen LogP contribution in [0, 0.1) is 5.92 Å². The molecule has 0 unspecified atom stereocenters. The summed E-state index contributed by atoms with van der Waals surface area (Å²) in [5.41, 5.74) is 7.01. The zero-order valence-corrected chi connectivity index (χ0v) is 8.58. The zero-order valence-electron chi connectivity index (χ0n) is 8.58. The maximum atomic E-state index is 11.5. The second-order valence-corrected chi connectivity index (χ2v) is 3.42. The van der Waals surface area contributed by atoms with Gasteiger partial charge in [0.25, 0.3) is 0 Å². The minimum absolute atomic E-state index is 0.0384. The molecule has 0 saturated heterocycles. The molecular formula is C11H16N2O. The van der Waals surface area contributed by atoms with E-state index in [-0.39, 0.29) is 11.8 Å². The summed E-state index contributed by atoms with van der Waals surface area (Å²) in [6, 6.07) is 7.19. The van der Waals surface area contributed by atoms with E-state index in [1.807, 2.05) is 26.0 Å². The van der Waals surface area contributed by atoms with Crippen molar-refractivity contribution in [2.45, 2.75) is 20.3 Å². The van der Waals surface area contributed by atoms with Crippen LogP contribution in [-0.4, -0.2) is 5.91 Å². The third-order valence-corrected chi connectivity index (χ3v) is 2.21. The number of hydrogen-bond donors (Lipinski definition) is 2. The van der Waals surface area contributed by atoms with Gasteiger partial charge in [0.05, 0.1) is 0 Å². The molecule has 14 heavy (non-hydrogen) atoms. The summed E-state index contributed by atoms with van der Waals surface area (Å²) in [6.45, 7) is 3.89. The lowest BCUT2D eigenvalue weighted by molar-refractivity contribution is -0.119. The van der Waals surface area contributed by atoms with Crippen molar-refractivity contribution in [2.75, 3.05) is 11.1 Å². The van der Waals surface area contributed by atoms with Gasteiger partial charge in [-0.1, -0.05) is 19.9 Å². The molecule has 0 aromatic heterocycles. The smallest absolute Gasteiger partial charge is 0.227 e. The molecule has 3 heteroatoms. The van der Waals surface area contributed by atoms with Gasteiger partial charge in [-0.25, -0.2) is 0 Å². The summed E-state index contributed by atoms with van der Waals surface area (Å²) < 4.78 is 0. The van der Waals surface area contributed by atoms with E-state index in [1.54, 1.807) is 12.1 Å². The lowest BCUT2D eigenvalue weighted by atomic mass is 10.1. The lowest BCUT2D eigenvalue weighted by Gasteiger charge is -2.09.